The molecule has 7 heteroatoms. The molecule has 2 aromatic heterocycles. The predicted octanol–water partition coefficient (Wildman–Crippen LogP) is 1.01. The predicted molar refractivity (Wildman–Crippen MR) is 77.5 cm³/mol. The van der Waals surface area contributed by atoms with Gasteiger partial charge >= 0.3 is 0 Å². The third-order valence-electron chi connectivity index (χ3n) is 2.93. The van der Waals surface area contributed by atoms with Crippen molar-refractivity contribution in [3.8, 4) is 17.2 Å². The highest BCUT2D eigenvalue weighted by Crippen LogP contribution is 2.17. The molecule has 0 unspecified atom stereocenters. The lowest BCUT2D eigenvalue weighted by molar-refractivity contribution is 0.1000. The van der Waals surface area contributed by atoms with Crippen LogP contribution in [0.15, 0.2) is 48.9 Å². The second-order valence-electron chi connectivity index (χ2n) is 4.40. The number of carbonyl (C=O) groups excluding carboxylic acids is 1. The van der Waals surface area contributed by atoms with Crippen LogP contribution in [0.25, 0.3) is 17.2 Å². The van der Waals surface area contributed by atoms with E-state index in [0.29, 0.717) is 22.9 Å². The normalized spacial score (nSPS) is 10.5. The Kier molecular flexibility index (Phi) is 3.07. The molecule has 0 fully saturated rings. The molecule has 21 heavy (non-hydrogen) atoms. The second-order valence-corrected chi connectivity index (χ2v) is 4.40. The summed E-state index contributed by atoms with van der Waals surface area (Å²) in [6, 6.07) is 10.3. The molecule has 0 spiro atoms. The Balaban J connectivity index is 1.96. The van der Waals surface area contributed by atoms with Gasteiger partial charge in [-0.2, -0.15) is 0 Å². The molecule has 0 radical (unpaired) electrons. The molecule has 3 aromatic rings. The minimum atomic E-state index is -0.516. The van der Waals surface area contributed by atoms with Crippen molar-refractivity contribution >= 4 is 11.6 Å². The smallest absolute Gasteiger partial charge is 0.248 e. The summed E-state index contributed by atoms with van der Waals surface area (Å²) >= 11 is 0. The number of pyridine rings is 1. The van der Waals surface area contributed by atoms with E-state index in [1.807, 2.05) is 12.1 Å². The highest BCUT2D eigenvalue weighted by Gasteiger charge is 2.08. The van der Waals surface area contributed by atoms with E-state index in [2.05, 4.69) is 15.1 Å². The van der Waals surface area contributed by atoms with E-state index in [1.54, 1.807) is 24.3 Å². The number of anilines is 1. The zero-order chi connectivity index (χ0) is 14.8. The molecule has 7 nitrogen and oxygen atoms in total. The van der Waals surface area contributed by atoms with E-state index in [-0.39, 0.29) is 0 Å². The molecule has 0 aliphatic heterocycles. The highest BCUT2D eigenvalue weighted by atomic mass is 16.1. The van der Waals surface area contributed by atoms with Crippen LogP contribution in [0.5, 0.6) is 0 Å². The number of aromatic nitrogens is 4. The molecular formula is C14H12N6O. The molecule has 0 bridgehead atoms. The van der Waals surface area contributed by atoms with E-state index in [4.69, 9.17) is 11.5 Å². The van der Waals surface area contributed by atoms with Crippen molar-refractivity contribution < 1.29 is 4.79 Å². The van der Waals surface area contributed by atoms with E-state index in [1.165, 1.54) is 17.2 Å². The van der Waals surface area contributed by atoms with Gasteiger partial charge in [0.15, 0.2) is 11.6 Å². The minimum absolute atomic E-state index is 0.365. The van der Waals surface area contributed by atoms with Crippen LogP contribution in [0, 0.1) is 0 Å². The second kappa shape index (κ2) is 5.04. The molecule has 0 saturated carbocycles. The minimum Gasteiger partial charge on any atom is -0.399 e. The van der Waals surface area contributed by atoms with E-state index >= 15 is 0 Å². The molecule has 0 aliphatic rings. The summed E-state index contributed by atoms with van der Waals surface area (Å²) in [6.45, 7) is 0. The van der Waals surface area contributed by atoms with Crippen molar-refractivity contribution in [3.63, 3.8) is 0 Å². The first-order valence-corrected chi connectivity index (χ1v) is 6.17. The third-order valence-corrected chi connectivity index (χ3v) is 2.93. The molecule has 3 rings (SSSR count). The van der Waals surface area contributed by atoms with Crippen molar-refractivity contribution in [2.45, 2.75) is 0 Å². The highest BCUT2D eigenvalue weighted by molar-refractivity contribution is 5.93. The van der Waals surface area contributed by atoms with Crippen LogP contribution in [-0.2, 0) is 0 Å². The summed E-state index contributed by atoms with van der Waals surface area (Å²) in [7, 11) is 0. The fourth-order valence-electron chi connectivity index (χ4n) is 1.83. The largest absolute Gasteiger partial charge is 0.399 e. The van der Waals surface area contributed by atoms with Gasteiger partial charge in [-0.3, -0.25) is 4.79 Å². The number of amides is 1. The van der Waals surface area contributed by atoms with Gasteiger partial charge in [0.1, 0.15) is 6.33 Å². The Morgan fingerprint density at radius 1 is 1.10 bits per heavy atom. The molecule has 0 aliphatic carbocycles. The van der Waals surface area contributed by atoms with Gasteiger partial charge in [-0.1, -0.05) is 0 Å². The number of hydrogen-bond acceptors (Lipinski definition) is 5. The maximum atomic E-state index is 11.2. The Hall–Kier alpha value is -3.22. The van der Waals surface area contributed by atoms with Crippen molar-refractivity contribution in [2.75, 3.05) is 5.73 Å². The summed E-state index contributed by atoms with van der Waals surface area (Å²) in [6.07, 6.45) is 3.03. The number of nitrogen functional groups attached to an aromatic ring is 1. The van der Waals surface area contributed by atoms with Crippen LogP contribution in [-0.4, -0.2) is 25.7 Å². The number of rotatable bonds is 3. The third kappa shape index (κ3) is 2.57. The van der Waals surface area contributed by atoms with Crippen LogP contribution < -0.4 is 11.5 Å². The monoisotopic (exact) mass is 280 g/mol. The maximum absolute atomic E-state index is 11.2. The molecule has 4 N–H and O–H groups in total. The van der Waals surface area contributed by atoms with E-state index in [0.717, 1.165) is 5.56 Å². The standard InChI is InChI=1S/C14H12N6O/c15-11-3-1-9(2-4-11)14-18-8-20(19-14)12-7-10(13(16)21)5-6-17-12/h1-8H,15H2,(H2,16,21). The van der Waals surface area contributed by atoms with Gasteiger partial charge in [-0.15, -0.1) is 5.10 Å². The quantitative estimate of drug-likeness (QED) is 0.695. The Bertz CT molecular complexity index is 793. The SMILES string of the molecule is NC(=O)c1ccnc(-n2cnc(-c3ccc(N)cc3)n2)c1. The van der Waals surface area contributed by atoms with Crippen molar-refractivity contribution in [3.05, 3.63) is 54.5 Å². The van der Waals surface area contributed by atoms with Gasteiger partial charge < -0.3 is 11.5 Å². The van der Waals surface area contributed by atoms with Crippen LogP contribution in [0.1, 0.15) is 10.4 Å². The fraction of sp³-hybridized carbons (Fsp3) is 0. The fourth-order valence-corrected chi connectivity index (χ4v) is 1.83. The number of benzene rings is 1. The zero-order valence-corrected chi connectivity index (χ0v) is 11.0. The van der Waals surface area contributed by atoms with Gasteiger partial charge in [0.25, 0.3) is 0 Å². The van der Waals surface area contributed by atoms with Crippen LogP contribution in [0.2, 0.25) is 0 Å². The Morgan fingerprint density at radius 3 is 2.57 bits per heavy atom. The lowest BCUT2D eigenvalue weighted by Gasteiger charge is -2.01. The van der Waals surface area contributed by atoms with Crippen LogP contribution >= 0.6 is 0 Å². The summed E-state index contributed by atoms with van der Waals surface area (Å²) in [5, 5.41) is 4.33. The molecule has 0 saturated heterocycles. The first-order valence-electron chi connectivity index (χ1n) is 6.17. The van der Waals surface area contributed by atoms with E-state index < -0.39 is 5.91 Å². The van der Waals surface area contributed by atoms with Crippen LogP contribution in [0.3, 0.4) is 0 Å². The number of nitrogens with two attached hydrogens (primary N) is 2. The summed E-state index contributed by atoms with van der Waals surface area (Å²) < 4.78 is 1.48. The molecule has 104 valence electrons. The zero-order valence-electron chi connectivity index (χ0n) is 11.0. The number of hydrogen-bond donors (Lipinski definition) is 2. The number of primary amides is 1. The number of carbonyl (C=O) groups is 1. The topological polar surface area (TPSA) is 113 Å². The molecular weight excluding hydrogens is 268 g/mol. The average molecular weight is 280 g/mol. The van der Waals surface area contributed by atoms with Crippen LogP contribution in [0.4, 0.5) is 5.69 Å². The Labute approximate surface area is 120 Å². The lowest BCUT2D eigenvalue weighted by atomic mass is 10.2. The number of nitrogens with zero attached hydrogens (tertiary/aromatic N) is 4. The first kappa shape index (κ1) is 12.8. The molecule has 1 amide bonds. The van der Waals surface area contributed by atoms with Gasteiger partial charge in [0, 0.05) is 23.0 Å². The summed E-state index contributed by atoms with van der Waals surface area (Å²) in [5.74, 6) is 0.499. The van der Waals surface area contributed by atoms with Crippen molar-refractivity contribution in [2.24, 2.45) is 5.73 Å². The molecule has 1 aromatic carbocycles. The van der Waals surface area contributed by atoms with Gasteiger partial charge in [0.05, 0.1) is 0 Å². The molecule has 0 atom stereocenters. The Morgan fingerprint density at radius 2 is 1.86 bits per heavy atom. The van der Waals surface area contributed by atoms with Gasteiger partial charge in [-0.05, 0) is 36.4 Å². The summed E-state index contributed by atoms with van der Waals surface area (Å²) in [4.78, 5) is 19.5. The summed E-state index contributed by atoms with van der Waals surface area (Å²) in [5.41, 5.74) is 12.8. The maximum Gasteiger partial charge on any atom is 0.248 e. The molecule has 2 heterocycles. The van der Waals surface area contributed by atoms with E-state index in [9.17, 15) is 4.79 Å². The first-order chi connectivity index (χ1) is 10.1. The van der Waals surface area contributed by atoms with Gasteiger partial charge in [-0.25, -0.2) is 14.6 Å². The average Bonchev–Trinajstić information content (AvgIpc) is 2.98. The lowest BCUT2D eigenvalue weighted by Crippen LogP contribution is -2.12. The van der Waals surface area contributed by atoms with Gasteiger partial charge in [0.2, 0.25) is 5.91 Å². The van der Waals surface area contributed by atoms with Crippen molar-refractivity contribution in [1.82, 2.24) is 19.7 Å². The van der Waals surface area contributed by atoms with Crippen molar-refractivity contribution in [1.29, 1.82) is 0 Å².